The molecule has 0 heterocycles. The smallest absolute Gasteiger partial charge is 0.414 e. The summed E-state index contributed by atoms with van der Waals surface area (Å²) in [4.78, 5) is 18.2. The Kier molecular flexibility index (Phi) is 23.8. The number of hydrogen-bond acceptors (Lipinski definition) is 5. The van der Waals surface area contributed by atoms with Crippen LogP contribution < -0.4 is 5.32 Å². The van der Waals surface area contributed by atoms with Gasteiger partial charge in [-0.05, 0) is 12.8 Å². The van der Waals surface area contributed by atoms with Crippen molar-refractivity contribution in [3.63, 3.8) is 0 Å². The zero-order chi connectivity index (χ0) is 19.2. The fourth-order valence-corrected chi connectivity index (χ4v) is 1.88. The third-order valence-electron chi connectivity index (χ3n) is 3.31. The largest absolute Gasteiger partial charge is 0.473 e. The van der Waals surface area contributed by atoms with Gasteiger partial charge in [0.25, 0.3) is 0 Å². The van der Waals surface area contributed by atoms with Crippen LogP contribution in [0.1, 0.15) is 65.2 Å². The average Bonchev–Trinajstić information content (AvgIpc) is 2.59. The second kappa shape index (κ2) is 22.8. The molecule has 0 fully saturated rings. The molecule has 7 heteroatoms. The van der Waals surface area contributed by atoms with Crippen molar-refractivity contribution in [3.05, 3.63) is 0 Å². The average molecular weight is 363 g/mol. The van der Waals surface area contributed by atoms with Crippen LogP contribution in [0.15, 0.2) is 0 Å². The summed E-state index contributed by atoms with van der Waals surface area (Å²) >= 11 is 0. The highest BCUT2D eigenvalue weighted by molar-refractivity contribution is 6.27. The number of carboxylic acids is 2. The second-order valence-corrected chi connectivity index (χ2v) is 5.71. The molecule has 0 atom stereocenters. The van der Waals surface area contributed by atoms with Gasteiger partial charge < -0.3 is 25.0 Å². The van der Waals surface area contributed by atoms with Crippen LogP contribution in [0.3, 0.4) is 0 Å². The van der Waals surface area contributed by atoms with E-state index in [1.165, 1.54) is 51.4 Å². The van der Waals surface area contributed by atoms with Gasteiger partial charge in [0.2, 0.25) is 0 Å². The molecule has 0 aliphatic carbocycles. The van der Waals surface area contributed by atoms with E-state index in [4.69, 9.17) is 29.3 Å². The van der Waals surface area contributed by atoms with E-state index in [0.717, 1.165) is 39.5 Å². The van der Waals surface area contributed by atoms with Crippen LogP contribution in [0.2, 0.25) is 0 Å². The van der Waals surface area contributed by atoms with Crippen molar-refractivity contribution in [2.45, 2.75) is 65.2 Å². The minimum atomic E-state index is -1.82. The molecule has 0 unspecified atom stereocenters. The molecule has 0 aliphatic rings. The van der Waals surface area contributed by atoms with Gasteiger partial charge in [0.05, 0.1) is 13.2 Å². The minimum Gasteiger partial charge on any atom is -0.473 e. The monoisotopic (exact) mass is 363 g/mol. The Balaban J connectivity index is 0. The van der Waals surface area contributed by atoms with Gasteiger partial charge in [-0.15, -0.1) is 0 Å². The summed E-state index contributed by atoms with van der Waals surface area (Å²) in [6.45, 7) is 9.81. The zero-order valence-electron chi connectivity index (χ0n) is 15.9. The van der Waals surface area contributed by atoms with Crippen LogP contribution in [-0.2, 0) is 19.1 Å². The summed E-state index contributed by atoms with van der Waals surface area (Å²) in [5.41, 5.74) is 0. The van der Waals surface area contributed by atoms with Crippen molar-refractivity contribution in [3.8, 4) is 0 Å². The molecule has 0 bridgehead atoms. The van der Waals surface area contributed by atoms with Crippen LogP contribution in [0.5, 0.6) is 0 Å². The minimum absolute atomic E-state index is 0.822. The van der Waals surface area contributed by atoms with Crippen LogP contribution in [0.25, 0.3) is 0 Å². The molecule has 0 aromatic heterocycles. The van der Waals surface area contributed by atoms with E-state index in [9.17, 15) is 0 Å². The standard InChI is InChI=1S/C16H35NO2.C2H2O4/c1-3-5-7-9-13-18-15-11-17-12-16-19-14-10-8-6-4-2;3-1(4)2(5)6/h17H,3-16H2,1-2H3;(H,3,4)(H,5,6). The summed E-state index contributed by atoms with van der Waals surface area (Å²) in [6.07, 6.45) is 10.3. The van der Waals surface area contributed by atoms with E-state index in [2.05, 4.69) is 19.2 Å². The van der Waals surface area contributed by atoms with Crippen LogP contribution in [0.4, 0.5) is 0 Å². The second-order valence-electron chi connectivity index (χ2n) is 5.71. The van der Waals surface area contributed by atoms with Crippen molar-refractivity contribution >= 4 is 11.9 Å². The first kappa shape index (κ1) is 26.1. The Labute approximate surface area is 152 Å². The lowest BCUT2D eigenvalue weighted by Gasteiger charge is -2.07. The van der Waals surface area contributed by atoms with Gasteiger partial charge in [-0.1, -0.05) is 52.4 Å². The number of hydrogen-bond donors (Lipinski definition) is 3. The van der Waals surface area contributed by atoms with Crippen molar-refractivity contribution in [1.82, 2.24) is 5.32 Å². The predicted molar refractivity (Wildman–Crippen MR) is 98.1 cm³/mol. The molecule has 0 saturated heterocycles. The quantitative estimate of drug-likeness (QED) is 0.286. The SMILES string of the molecule is CCCCCCOCCNCCOCCCCCC.O=C(O)C(=O)O. The molecule has 150 valence electrons. The highest BCUT2D eigenvalue weighted by Gasteiger charge is 2.04. The number of carboxylic acid groups (broad SMARTS) is 2. The molecule has 0 rings (SSSR count). The van der Waals surface area contributed by atoms with Crippen LogP contribution in [-0.4, -0.2) is 61.7 Å². The summed E-state index contributed by atoms with van der Waals surface area (Å²) in [5, 5.41) is 18.1. The van der Waals surface area contributed by atoms with Crippen molar-refractivity contribution < 1.29 is 29.3 Å². The van der Waals surface area contributed by atoms with E-state index in [0.29, 0.717) is 0 Å². The number of nitrogens with one attached hydrogen (secondary N) is 1. The molecular weight excluding hydrogens is 326 g/mol. The molecule has 0 radical (unpaired) electrons. The number of rotatable bonds is 16. The maximum Gasteiger partial charge on any atom is 0.414 e. The van der Waals surface area contributed by atoms with E-state index in [-0.39, 0.29) is 0 Å². The van der Waals surface area contributed by atoms with Gasteiger partial charge in [-0.2, -0.15) is 0 Å². The van der Waals surface area contributed by atoms with Gasteiger partial charge in [0.1, 0.15) is 0 Å². The van der Waals surface area contributed by atoms with E-state index in [1.807, 2.05) is 0 Å². The lowest BCUT2D eigenvalue weighted by Crippen LogP contribution is -2.24. The molecule has 0 aliphatic heterocycles. The summed E-state index contributed by atoms with van der Waals surface area (Å²) in [7, 11) is 0. The number of ether oxygens (including phenoxy) is 2. The molecule has 3 N–H and O–H groups in total. The van der Waals surface area contributed by atoms with Crippen molar-refractivity contribution in [2.75, 3.05) is 39.5 Å². The molecule has 0 aromatic carbocycles. The summed E-state index contributed by atoms with van der Waals surface area (Å²) in [6, 6.07) is 0. The third kappa shape index (κ3) is 27.9. The first-order valence-corrected chi connectivity index (χ1v) is 9.38. The highest BCUT2D eigenvalue weighted by Crippen LogP contribution is 1.99. The fourth-order valence-electron chi connectivity index (χ4n) is 1.88. The maximum absolute atomic E-state index is 9.10. The number of carbonyl (C=O) groups is 2. The van der Waals surface area contributed by atoms with Crippen LogP contribution >= 0.6 is 0 Å². The lowest BCUT2D eigenvalue weighted by atomic mass is 10.2. The Bertz CT molecular complexity index is 271. The Morgan fingerprint density at radius 3 is 1.40 bits per heavy atom. The van der Waals surface area contributed by atoms with Crippen LogP contribution in [0, 0.1) is 0 Å². The number of aliphatic carboxylic acids is 2. The van der Waals surface area contributed by atoms with E-state index < -0.39 is 11.9 Å². The number of unbranched alkanes of at least 4 members (excludes halogenated alkanes) is 6. The van der Waals surface area contributed by atoms with Gasteiger partial charge in [0, 0.05) is 26.3 Å². The third-order valence-corrected chi connectivity index (χ3v) is 3.31. The first-order chi connectivity index (χ1) is 12.1. The van der Waals surface area contributed by atoms with Gasteiger partial charge in [-0.25, -0.2) is 9.59 Å². The van der Waals surface area contributed by atoms with Crippen molar-refractivity contribution in [2.24, 2.45) is 0 Å². The van der Waals surface area contributed by atoms with E-state index in [1.54, 1.807) is 0 Å². The van der Waals surface area contributed by atoms with Crippen molar-refractivity contribution in [1.29, 1.82) is 0 Å². The summed E-state index contributed by atoms with van der Waals surface area (Å²) in [5.74, 6) is -3.65. The molecule has 0 amide bonds. The van der Waals surface area contributed by atoms with Gasteiger partial charge >= 0.3 is 11.9 Å². The zero-order valence-corrected chi connectivity index (χ0v) is 15.9. The Morgan fingerprint density at radius 1 is 0.680 bits per heavy atom. The van der Waals surface area contributed by atoms with E-state index >= 15 is 0 Å². The summed E-state index contributed by atoms with van der Waals surface area (Å²) < 4.78 is 11.1. The molecule has 0 aromatic rings. The lowest BCUT2D eigenvalue weighted by molar-refractivity contribution is -0.159. The first-order valence-electron chi connectivity index (χ1n) is 9.38. The molecule has 25 heavy (non-hydrogen) atoms. The molecule has 7 nitrogen and oxygen atoms in total. The Hall–Kier alpha value is -1.18. The predicted octanol–water partition coefficient (Wildman–Crippen LogP) is 2.93. The molecule has 0 spiro atoms. The van der Waals surface area contributed by atoms with Gasteiger partial charge in [-0.3, -0.25) is 0 Å². The maximum atomic E-state index is 9.10. The highest BCUT2D eigenvalue weighted by atomic mass is 16.5. The Morgan fingerprint density at radius 2 is 1.08 bits per heavy atom. The normalized spacial score (nSPS) is 10.2. The molecular formula is C18H37NO6. The fraction of sp³-hybridized carbons (Fsp3) is 0.889. The topological polar surface area (TPSA) is 105 Å². The van der Waals surface area contributed by atoms with Gasteiger partial charge in [0.15, 0.2) is 0 Å². The molecule has 0 saturated carbocycles.